The third-order valence-electron chi connectivity index (χ3n) is 5.16. The lowest BCUT2D eigenvalue weighted by atomic mass is 10.1. The number of likely N-dealkylation sites (N-methyl/N-ethyl adjacent to an activating group) is 1. The first-order valence-corrected chi connectivity index (χ1v) is 10.5. The van der Waals surface area contributed by atoms with Gasteiger partial charge in [-0.1, -0.05) is 47.5 Å². The van der Waals surface area contributed by atoms with Crippen LogP contribution >= 0.6 is 23.2 Å². The monoisotopic (exact) mass is 419 g/mol. The Morgan fingerprint density at radius 3 is 2.54 bits per heavy atom. The molecule has 0 aromatic heterocycles. The minimum absolute atomic E-state index is 0.0771. The molecule has 0 bridgehead atoms. The van der Waals surface area contributed by atoms with Crippen LogP contribution in [0.2, 0.25) is 10.0 Å². The molecule has 1 aliphatic rings. The van der Waals surface area contributed by atoms with Gasteiger partial charge in [0.05, 0.1) is 10.0 Å². The topological polar surface area (TPSA) is 35.6 Å². The second-order valence-corrected chi connectivity index (χ2v) is 8.11. The van der Waals surface area contributed by atoms with E-state index < -0.39 is 0 Å². The van der Waals surface area contributed by atoms with Gasteiger partial charge in [0.25, 0.3) is 0 Å². The largest absolute Gasteiger partial charge is 0.369 e. The number of piperazine rings is 1. The lowest BCUT2D eigenvalue weighted by Crippen LogP contribution is -2.45. The van der Waals surface area contributed by atoms with E-state index in [0.717, 1.165) is 44.6 Å². The van der Waals surface area contributed by atoms with E-state index in [4.69, 9.17) is 23.2 Å². The van der Waals surface area contributed by atoms with Crippen molar-refractivity contribution in [2.24, 2.45) is 0 Å². The van der Waals surface area contributed by atoms with Gasteiger partial charge in [0.1, 0.15) is 0 Å². The molecule has 0 spiro atoms. The van der Waals surface area contributed by atoms with Gasteiger partial charge in [-0.3, -0.25) is 4.79 Å². The number of aryl methyl sites for hydroxylation is 1. The van der Waals surface area contributed by atoms with Crippen molar-refractivity contribution in [3.8, 4) is 0 Å². The summed E-state index contributed by atoms with van der Waals surface area (Å²) in [6, 6.07) is 14.0. The first-order chi connectivity index (χ1) is 13.5. The Bertz CT molecular complexity index is 804. The lowest BCUT2D eigenvalue weighted by molar-refractivity contribution is -0.121. The number of carbonyl (C=O) groups is 1. The number of benzene rings is 2. The van der Waals surface area contributed by atoms with E-state index in [9.17, 15) is 4.79 Å². The molecule has 2 aromatic carbocycles. The number of hydrogen-bond donors (Lipinski definition) is 1. The molecule has 150 valence electrons. The molecule has 3 rings (SSSR count). The number of carbonyl (C=O) groups excluding carboxylic acids is 1. The van der Waals surface area contributed by atoms with E-state index in [-0.39, 0.29) is 5.91 Å². The average Bonchev–Trinajstić information content (AvgIpc) is 2.70. The first-order valence-electron chi connectivity index (χ1n) is 9.75. The van der Waals surface area contributed by atoms with Crippen LogP contribution in [0.3, 0.4) is 0 Å². The third-order valence-corrected chi connectivity index (χ3v) is 5.90. The number of nitrogens with zero attached hydrogens (tertiary/aromatic N) is 2. The fourth-order valence-corrected chi connectivity index (χ4v) is 3.77. The van der Waals surface area contributed by atoms with Gasteiger partial charge in [-0.2, -0.15) is 0 Å². The summed E-state index contributed by atoms with van der Waals surface area (Å²) in [5, 5.41) is 4.19. The maximum atomic E-state index is 12.3. The number of rotatable bonds is 7. The average molecular weight is 420 g/mol. The van der Waals surface area contributed by atoms with Crippen molar-refractivity contribution < 1.29 is 4.79 Å². The summed E-state index contributed by atoms with van der Waals surface area (Å²) < 4.78 is 0. The molecular weight excluding hydrogens is 393 g/mol. The molecule has 0 unspecified atom stereocenters. The molecule has 6 heteroatoms. The van der Waals surface area contributed by atoms with Crippen LogP contribution in [0.15, 0.2) is 42.5 Å². The molecule has 0 atom stereocenters. The molecule has 28 heavy (non-hydrogen) atoms. The second kappa shape index (κ2) is 10.1. The number of hydrogen-bond acceptors (Lipinski definition) is 3. The second-order valence-electron chi connectivity index (χ2n) is 7.30. The Morgan fingerprint density at radius 1 is 1.04 bits per heavy atom. The van der Waals surface area contributed by atoms with Crippen molar-refractivity contribution in [1.29, 1.82) is 0 Å². The quantitative estimate of drug-likeness (QED) is 0.722. The van der Waals surface area contributed by atoms with Crippen molar-refractivity contribution in [3.63, 3.8) is 0 Å². The van der Waals surface area contributed by atoms with Crippen LogP contribution in [-0.4, -0.2) is 44.0 Å². The normalized spacial score (nSPS) is 14.9. The maximum absolute atomic E-state index is 12.3. The van der Waals surface area contributed by atoms with E-state index in [1.54, 1.807) is 6.07 Å². The van der Waals surface area contributed by atoms with E-state index in [1.165, 1.54) is 11.3 Å². The standard InChI is InChI=1S/C22H27Cl2N3O/c1-26-11-13-27(14-12-26)21-7-3-2-6-18(21)16-25-22(28)8-4-5-17-9-10-19(23)20(24)15-17/h2-3,6-7,9-10,15H,4-5,8,11-14,16H2,1H3,(H,25,28). The molecule has 1 aliphatic heterocycles. The van der Waals surface area contributed by atoms with E-state index in [0.29, 0.717) is 23.0 Å². The molecule has 0 saturated carbocycles. The Morgan fingerprint density at radius 2 is 1.79 bits per heavy atom. The van der Waals surface area contributed by atoms with Gasteiger partial charge in [0.15, 0.2) is 0 Å². The van der Waals surface area contributed by atoms with Crippen molar-refractivity contribution in [3.05, 3.63) is 63.6 Å². The van der Waals surface area contributed by atoms with Crippen LogP contribution in [0.5, 0.6) is 0 Å². The minimum atomic E-state index is 0.0771. The van der Waals surface area contributed by atoms with Gasteiger partial charge >= 0.3 is 0 Å². The number of halogens is 2. The SMILES string of the molecule is CN1CCN(c2ccccc2CNC(=O)CCCc2ccc(Cl)c(Cl)c2)CC1. The fraction of sp³-hybridized carbons (Fsp3) is 0.409. The van der Waals surface area contributed by atoms with Gasteiger partial charge in [-0.25, -0.2) is 0 Å². The highest BCUT2D eigenvalue weighted by Crippen LogP contribution is 2.24. The van der Waals surface area contributed by atoms with Gasteiger partial charge in [0.2, 0.25) is 5.91 Å². The smallest absolute Gasteiger partial charge is 0.220 e. The molecule has 4 nitrogen and oxygen atoms in total. The zero-order valence-electron chi connectivity index (χ0n) is 16.3. The Balaban J connectivity index is 1.47. The van der Waals surface area contributed by atoms with Crippen LogP contribution in [0, 0.1) is 0 Å². The minimum Gasteiger partial charge on any atom is -0.369 e. The summed E-state index contributed by atoms with van der Waals surface area (Å²) in [5.74, 6) is 0.0771. The fourth-order valence-electron chi connectivity index (χ4n) is 3.45. The lowest BCUT2D eigenvalue weighted by Gasteiger charge is -2.35. The van der Waals surface area contributed by atoms with Crippen molar-refractivity contribution >= 4 is 34.8 Å². The summed E-state index contributed by atoms with van der Waals surface area (Å²) in [4.78, 5) is 17.0. The van der Waals surface area contributed by atoms with Crippen molar-refractivity contribution in [2.75, 3.05) is 38.1 Å². The number of nitrogens with one attached hydrogen (secondary N) is 1. The molecule has 1 saturated heterocycles. The highest BCUT2D eigenvalue weighted by Gasteiger charge is 2.16. The number of amides is 1. The molecule has 0 radical (unpaired) electrons. The molecule has 0 aliphatic carbocycles. The van der Waals surface area contributed by atoms with Crippen LogP contribution in [-0.2, 0) is 17.8 Å². The van der Waals surface area contributed by atoms with E-state index >= 15 is 0 Å². The predicted octanol–water partition coefficient (Wildman–Crippen LogP) is 4.38. The number of anilines is 1. The zero-order chi connectivity index (χ0) is 19.9. The Labute approximate surface area is 177 Å². The van der Waals surface area contributed by atoms with Gasteiger partial charge in [-0.15, -0.1) is 0 Å². The van der Waals surface area contributed by atoms with Crippen LogP contribution < -0.4 is 10.2 Å². The Kier molecular flexibility index (Phi) is 7.60. The van der Waals surface area contributed by atoms with E-state index in [2.05, 4.69) is 40.4 Å². The van der Waals surface area contributed by atoms with Crippen molar-refractivity contribution in [1.82, 2.24) is 10.2 Å². The molecular formula is C22H27Cl2N3O. The molecule has 1 heterocycles. The van der Waals surface area contributed by atoms with Gasteiger partial charge in [-0.05, 0) is 49.2 Å². The molecule has 1 amide bonds. The molecule has 2 aromatic rings. The summed E-state index contributed by atoms with van der Waals surface area (Å²) in [7, 11) is 2.15. The predicted molar refractivity (Wildman–Crippen MR) is 117 cm³/mol. The summed E-state index contributed by atoms with van der Waals surface area (Å²) in [6.45, 7) is 4.73. The van der Waals surface area contributed by atoms with E-state index in [1.807, 2.05) is 18.2 Å². The zero-order valence-corrected chi connectivity index (χ0v) is 17.8. The van der Waals surface area contributed by atoms with Crippen molar-refractivity contribution in [2.45, 2.75) is 25.8 Å². The maximum Gasteiger partial charge on any atom is 0.220 e. The highest BCUT2D eigenvalue weighted by molar-refractivity contribution is 6.42. The van der Waals surface area contributed by atoms with Gasteiger partial charge in [0, 0.05) is 44.8 Å². The summed E-state index contributed by atoms with van der Waals surface area (Å²) in [6.07, 6.45) is 2.09. The highest BCUT2D eigenvalue weighted by atomic mass is 35.5. The molecule has 1 N–H and O–H groups in total. The Hall–Kier alpha value is -1.75. The first kappa shape index (κ1) is 21.0. The summed E-state index contributed by atoms with van der Waals surface area (Å²) in [5.41, 5.74) is 3.50. The number of para-hydroxylation sites is 1. The van der Waals surface area contributed by atoms with Crippen LogP contribution in [0.4, 0.5) is 5.69 Å². The van der Waals surface area contributed by atoms with Crippen LogP contribution in [0.25, 0.3) is 0 Å². The third kappa shape index (κ3) is 5.87. The summed E-state index contributed by atoms with van der Waals surface area (Å²) >= 11 is 12.0. The van der Waals surface area contributed by atoms with Gasteiger partial charge < -0.3 is 15.1 Å². The van der Waals surface area contributed by atoms with Crippen LogP contribution in [0.1, 0.15) is 24.0 Å². The molecule has 1 fully saturated rings.